The van der Waals surface area contributed by atoms with Crippen LogP contribution >= 0.6 is 0 Å². The molecule has 124 valence electrons. The maximum Gasteiger partial charge on any atom is 0.118 e. The Morgan fingerprint density at radius 1 is 0.739 bits per heavy atom. The molecule has 0 aliphatic heterocycles. The van der Waals surface area contributed by atoms with Gasteiger partial charge >= 0.3 is 0 Å². The van der Waals surface area contributed by atoms with E-state index in [-0.39, 0.29) is 0 Å². The average molecular weight is 310 g/mol. The molecule has 0 aliphatic rings. The molecule has 0 fully saturated rings. The summed E-state index contributed by atoms with van der Waals surface area (Å²) in [5.41, 5.74) is 2.82. The lowest BCUT2D eigenvalue weighted by Crippen LogP contribution is -2.01. The lowest BCUT2D eigenvalue weighted by atomic mass is 9.86. The minimum atomic E-state index is 0.494. The lowest BCUT2D eigenvalue weighted by Gasteiger charge is -2.18. The van der Waals surface area contributed by atoms with E-state index in [9.17, 15) is 0 Å². The summed E-state index contributed by atoms with van der Waals surface area (Å²) in [6.45, 7) is 2.27. The maximum atomic E-state index is 5.29. The fourth-order valence-electron chi connectivity index (χ4n) is 3.18. The standard InChI is InChI=1S/C22H30O/c1-3-4-5-6-7-11-14-22(19-12-9-8-10-13-19)20-15-17-21(23-2)18-16-20/h8-10,12-13,15-18,22H,3-7,11,14H2,1-2H3. The van der Waals surface area contributed by atoms with Gasteiger partial charge in [-0.2, -0.15) is 0 Å². The van der Waals surface area contributed by atoms with E-state index in [1.807, 2.05) is 0 Å². The van der Waals surface area contributed by atoms with Crippen molar-refractivity contribution in [2.45, 2.75) is 57.8 Å². The number of benzene rings is 2. The molecule has 0 spiro atoms. The zero-order valence-corrected chi connectivity index (χ0v) is 14.6. The fraction of sp³-hybridized carbons (Fsp3) is 0.455. The summed E-state index contributed by atoms with van der Waals surface area (Å²) in [5.74, 6) is 1.42. The van der Waals surface area contributed by atoms with Gasteiger partial charge < -0.3 is 4.74 Å². The van der Waals surface area contributed by atoms with Crippen molar-refractivity contribution in [3.8, 4) is 5.75 Å². The first-order valence-electron chi connectivity index (χ1n) is 9.04. The third-order valence-electron chi connectivity index (χ3n) is 4.57. The molecule has 2 aromatic carbocycles. The van der Waals surface area contributed by atoms with E-state index in [1.165, 1.54) is 56.1 Å². The molecule has 1 unspecified atom stereocenters. The molecule has 0 amide bonds. The molecule has 0 aliphatic carbocycles. The van der Waals surface area contributed by atoms with E-state index < -0.39 is 0 Å². The van der Waals surface area contributed by atoms with Crippen LogP contribution in [0, 0.1) is 0 Å². The monoisotopic (exact) mass is 310 g/mol. The summed E-state index contributed by atoms with van der Waals surface area (Å²) in [6, 6.07) is 19.5. The highest BCUT2D eigenvalue weighted by Crippen LogP contribution is 2.31. The maximum absolute atomic E-state index is 5.29. The Morgan fingerprint density at radius 2 is 1.35 bits per heavy atom. The highest BCUT2D eigenvalue weighted by molar-refractivity contribution is 5.35. The van der Waals surface area contributed by atoms with Gasteiger partial charge in [0.25, 0.3) is 0 Å². The van der Waals surface area contributed by atoms with Gasteiger partial charge in [0.05, 0.1) is 7.11 Å². The molecule has 0 saturated heterocycles. The van der Waals surface area contributed by atoms with E-state index in [0.29, 0.717) is 5.92 Å². The third-order valence-corrected chi connectivity index (χ3v) is 4.57. The van der Waals surface area contributed by atoms with E-state index in [0.717, 1.165) is 5.75 Å². The van der Waals surface area contributed by atoms with Crippen molar-refractivity contribution in [2.75, 3.05) is 7.11 Å². The predicted molar refractivity (Wildman–Crippen MR) is 99.3 cm³/mol. The smallest absolute Gasteiger partial charge is 0.118 e. The van der Waals surface area contributed by atoms with Crippen LogP contribution in [0.3, 0.4) is 0 Å². The van der Waals surface area contributed by atoms with Crippen molar-refractivity contribution in [1.82, 2.24) is 0 Å². The third kappa shape index (κ3) is 5.74. The first kappa shape index (κ1) is 17.6. The van der Waals surface area contributed by atoms with E-state index in [1.54, 1.807) is 7.11 Å². The van der Waals surface area contributed by atoms with E-state index >= 15 is 0 Å². The minimum absolute atomic E-state index is 0.494. The molecule has 0 saturated carbocycles. The molecule has 23 heavy (non-hydrogen) atoms. The van der Waals surface area contributed by atoms with Gasteiger partial charge in [0.2, 0.25) is 0 Å². The predicted octanol–water partition coefficient (Wildman–Crippen LogP) is 6.58. The van der Waals surface area contributed by atoms with Crippen LogP contribution < -0.4 is 4.74 Å². The Morgan fingerprint density at radius 3 is 2.00 bits per heavy atom. The molecule has 2 rings (SSSR count). The zero-order chi connectivity index (χ0) is 16.3. The van der Waals surface area contributed by atoms with Crippen LogP contribution in [-0.4, -0.2) is 7.11 Å². The van der Waals surface area contributed by atoms with Gasteiger partial charge in [0.15, 0.2) is 0 Å². The summed E-state index contributed by atoms with van der Waals surface area (Å²) in [4.78, 5) is 0. The van der Waals surface area contributed by atoms with Gasteiger partial charge in [0.1, 0.15) is 5.75 Å². The summed E-state index contributed by atoms with van der Waals surface area (Å²) in [5, 5.41) is 0. The van der Waals surface area contributed by atoms with Gasteiger partial charge in [0, 0.05) is 5.92 Å². The van der Waals surface area contributed by atoms with Crippen LogP contribution in [0.5, 0.6) is 5.75 Å². The number of ether oxygens (including phenoxy) is 1. The van der Waals surface area contributed by atoms with Gasteiger partial charge in [-0.3, -0.25) is 0 Å². The molecule has 0 aromatic heterocycles. The molecule has 0 radical (unpaired) electrons. The van der Waals surface area contributed by atoms with Gasteiger partial charge in [-0.05, 0) is 29.7 Å². The molecular weight excluding hydrogens is 280 g/mol. The molecule has 1 nitrogen and oxygen atoms in total. The van der Waals surface area contributed by atoms with Crippen LogP contribution in [0.15, 0.2) is 54.6 Å². The molecule has 1 heteroatoms. The van der Waals surface area contributed by atoms with Crippen LogP contribution in [0.25, 0.3) is 0 Å². The molecule has 0 bridgehead atoms. The normalized spacial score (nSPS) is 12.1. The van der Waals surface area contributed by atoms with Gasteiger partial charge in [-0.15, -0.1) is 0 Å². The number of hydrogen-bond donors (Lipinski definition) is 0. The Hall–Kier alpha value is -1.76. The second kappa shape index (κ2) is 10.1. The van der Waals surface area contributed by atoms with Crippen LogP contribution in [0.2, 0.25) is 0 Å². The van der Waals surface area contributed by atoms with Crippen LogP contribution in [0.4, 0.5) is 0 Å². The number of rotatable bonds is 10. The first-order chi connectivity index (χ1) is 11.3. The van der Waals surface area contributed by atoms with E-state index in [4.69, 9.17) is 4.74 Å². The largest absolute Gasteiger partial charge is 0.497 e. The van der Waals surface area contributed by atoms with Crippen molar-refractivity contribution in [2.24, 2.45) is 0 Å². The minimum Gasteiger partial charge on any atom is -0.497 e. The lowest BCUT2D eigenvalue weighted by molar-refractivity contribution is 0.414. The number of unbranched alkanes of at least 4 members (excludes halogenated alkanes) is 5. The van der Waals surface area contributed by atoms with Crippen molar-refractivity contribution in [3.05, 3.63) is 65.7 Å². The van der Waals surface area contributed by atoms with Crippen LogP contribution in [-0.2, 0) is 0 Å². The summed E-state index contributed by atoms with van der Waals surface area (Å²) >= 11 is 0. The Bertz CT molecular complexity index is 530. The van der Waals surface area contributed by atoms with Gasteiger partial charge in [-0.1, -0.05) is 87.9 Å². The molecular formula is C22H30O. The van der Waals surface area contributed by atoms with Crippen molar-refractivity contribution in [3.63, 3.8) is 0 Å². The van der Waals surface area contributed by atoms with Crippen LogP contribution in [0.1, 0.15) is 68.9 Å². The molecule has 2 aromatic rings. The van der Waals surface area contributed by atoms with Crippen molar-refractivity contribution < 1.29 is 4.74 Å². The molecule has 0 N–H and O–H groups in total. The summed E-state index contributed by atoms with van der Waals surface area (Å²) in [6.07, 6.45) is 9.32. The molecule has 0 heterocycles. The second-order valence-corrected chi connectivity index (χ2v) is 6.29. The Kier molecular flexibility index (Phi) is 7.72. The van der Waals surface area contributed by atoms with Gasteiger partial charge in [-0.25, -0.2) is 0 Å². The Labute approximate surface area is 141 Å². The first-order valence-corrected chi connectivity index (χ1v) is 9.04. The summed E-state index contributed by atoms with van der Waals surface area (Å²) in [7, 11) is 1.72. The van der Waals surface area contributed by atoms with Crippen molar-refractivity contribution in [1.29, 1.82) is 0 Å². The topological polar surface area (TPSA) is 9.23 Å². The van der Waals surface area contributed by atoms with E-state index in [2.05, 4.69) is 61.5 Å². The zero-order valence-electron chi connectivity index (χ0n) is 14.6. The number of hydrogen-bond acceptors (Lipinski definition) is 1. The second-order valence-electron chi connectivity index (χ2n) is 6.29. The highest BCUT2D eigenvalue weighted by Gasteiger charge is 2.13. The summed E-state index contributed by atoms with van der Waals surface area (Å²) < 4.78 is 5.29. The Balaban J connectivity index is 2.00. The SMILES string of the molecule is CCCCCCCCC(c1ccccc1)c1ccc(OC)cc1. The average Bonchev–Trinajstić information content (AvgIpc) is 2.62. The number of methoxy groups -OCH3 is 1. The molecule has 1 atom stereocenters. The highest BCUT2D eigenvalue weighted by atomic mass is 16.5. The quantitative estimate of drug-likeness (QED) is 0.450. The fourth-order valence-corrected chi connectivity index (χ4v) is 3.18. The van der Waals surface area contributed by atoms with Crippen molar-refractivity contribution >= 4 is 0 Å².